The van der Waals surface area contributed by atoms with Crippen LogP contribution in [-0.2, 0) is 6.42 Å². The molecule has 0 radical (unpaired) electrons. The van der Waals surface area contributed by atoms with E-state index in [9.17, 15) is 0 Å². The maximum absolute atomic E-state index is 6.24. The Balaban J connectivity index is 2.31. The Bertz CT molecular complexity index is 568. The van der Waals surface area contributed by atoms with Gasteiger partial charge in [-0.2, -0.15) is 0 Å². The third kappa shape index (κ3) is 3.38. The maximum Gasteiger partial charge on any atom is 0.0438 e. The second kappa shape index (κ2) is 6.56. The lowest BCUT2D eigenvalue weighted by atomic mass is 9.97. The molecule has 1 N–H and O–H groups in total. The first-order valence-corrected chi connectivity index (χ1v) is 7.46. The molecule has 19 heavy (non-hydrogen) atoms. The molecule has 0 fully saturated rings. The summed E-state index contributed by atoms with van der Waals surface area (Å²) >= 11 is 9.92. The van der Waals surface area contributed by atoms with Gasteiger partial charge in [0.25, 0.3) is 0 Å². The molecule has 2 aromatic carbocycles. The van der Waals surface area contributed by atoms with E-state index in [0.717, 1.165) is 17.0 Å². The molecule has 2 aromatic rings. The molecule has 1 unspecified atom stereocenters. The normalized spacial score (nSPS) is 12.4. The predicted molar refractivity (Wildman–Crippen MR) is 85.8 cm³/mol. The van der Waals surface area contributed by atoms with Crippen LogP contribution in [0.5, 0.6) is 0 Å². The smallest absolute Gasteiger partial charge is 0.0438 e. The Morgan fingerprint density at radius 3 is 2.58 bits per heavy atom. The second-order valence-corrected chi connectivity index (χ2v) is 5.82. The highest BCUT2D eigenvalue weighted by Crippen LogP contribution is 2.30. The van der Waals surface area contributed by atoms with Gasteiger partial charge in [-0.25, -0.2) is 0 Å². The zero-order valence-corrected chi connectivity index (χ0v) is 13.4. The molecule has 0 aromatic heterocycles. The minimum atomic E-state index is 0.245. The van der Waals surface area contributed by atoms with Crippen molar-refractivity contribution in [1.82, 2.24) is 5.32 Å². The third-order valence-corrected chi connectivity index (χ3v) is 4.78. The SMILES string of the molecule is CNC(Cc1ccccc1Cl)c1cccc(C)c1Br. The standard InChI is InChI=1S/C16H17BrClN/c1-11-6-5-8-13(16(11)17)15(19-2)10-12-7-3-4-9-14(12)18/h3-9,15,19H,10H2,1-2H3. The second-order valence-electron chi connectivity index (χ2n) is 4.61. The number of nitrogens with one attached hydrogen (secondary N) is 1. The average molecular weight is 339 g/mol. The summed E-state index contributed by atoms with van der Waals surface area (Å²) in [6.45, 7) is 2.11. The van der Waals surface area contributed by atoms with Crippen LogP contribution >= 0.6 is 27.5 Å². The molecule has 0 amide bonds. The summed E-state index contributed by atoms with van der Waals surface area (Å²) in [6.07, 6.45) is 0.873. The van der Waals surface area contributed by atoms with Crippen molar-refractivity contribution < 1.29 is 0 Å². The summed E-state index contributed by atoms with van der Waals surface area (Å²) in [5.74, 6) is 0. The number of rotatable bonds is 4. The van der Waals surface area contributed by atoms with Crippen LogP contribution in [0.25, 0.3) is 0 Å². The largest absolute Gasteiger partial charge is 0.313 e. The quantitative estimate of drug-likeness (QED) is 0.835. The average Bonchev–Trinajstić information content (AvgIpc) is 2.41. The molecule has 0 aliphatic rings. The van der Waals surface area contributed by atoms with Crippen LogP contribution in [0.2, 0.25) is 5.02 Å². The van der Waals surface area contributed by atoms with Crippen molar-refractivity contribution in [2.45, 2.75) is 19.4 Å². The van der Waals surface area contributed by atoms with E-state index in [2.05, 4.69) is 52.4 Å². The zero-order chi connectivity index (χ0) is 13.8. The zero-order valence-electron chi connectivity index (χ0n) is 11.1. The molecule has 2 rings (SSSR count). The van der Waals surface area contributed by atoms with E-state index in [1.807, 2.05) is 25.2 Å². The molecular weight excluding hydrogens is 322 g/mol. The molecule has 0 aliphatic heterocycles. The van der Waals surface area contributed by atoms with Crippen molar-refractivity contribution in [3.8, 4) is 0 Å². The first-order valence-electron chi connectivity index (χ1n) is 6.29. The molecule has 0 saturated heterocycles. The van der Waals surface area contributed by atoms with Crippen molar-refractivity contribution in [2.24, 2.45) is 0 Å². The van der Waals surface area contributed by atoms with Crippen LogP contribution < -0.4 is 5.32 Å². The van der Waals surface area contributed by atoms with E-state index in [-0.39, 0.29) is 6.04 Å². The van der Waals surface area contributed by atoms with Crippen LogP contribution in [0.1, 0.15) is 22.7 Å². The van der Waals surface area contributed by atoms with Gasteiger partial charge in [0.2, 0.25) is 0 Å². The van der Waals surface area contributed by atoms with Gasteiger partial charge in [-0.1, -0.05) is 63.9 Å². The monoisotopic (exact) mass is 337 g/mol. The summed E-state index contributed by atoms with van der Waals surface area (Å²) in [6, 6.07) is 14.6. The topological polar surface area (TPSA) is 12.0 Å². The van der Waals surface area contributed by atoms with E-state index in [4.69, 9.17) is 11.6 Å². The number of hydrogen-bond donors (Lipinski definition) is 1. The molecule has 0 spiro atoms. The van der Waals surface area contributed by atoms with E-state index < -0.39 is 0 Å². The van der Waals surface area contributed by atoms with Gasteiger partial charge in [0.05, 0.1) is 0 Å². The molecule has 0 saturated carbocycles. The van der Waals surface area contributed by atoms with Crippen LogP contribution in [0, 0.1) is 6.92 Å². The fraction of sp³-hybridized carbons (Fsp3) is 0.250. The van der Waals surface area contributed by atoms with Gasteiger partial charge in [-0.05, 0) is 43.1 Å². The van der Waals surface area contributed by atoms with Gasteiger partial charge >= 0.3 is 0 Å². The Labute approximate surface area is 128 Å². The van der Waals surface area contributed by atoms with Gasteiger partial charge in [0, 0.05) is 15.5 Å². The molecule has 100 valence electrons. The summed E-state index contributed by atoms with van der Waals surface area (Å²) in [4.78, 5) is 0. The Hall–Kier alpha value is -0.830. The molecule has 1 nitrogen and oxygen atoms in total. The molecule has 0 aliphatic carbocycles. The van der Waals surface area contributed by atoms with Gasteiger partial charge in [-0.3, -0.25) is 0 Å². The lowest BCUT2D eigenvalue weighted by Gasteiger charge is -2.20. The van der Waals surface area contributed by atoms with Crippen LogP contribution in [0.4, 0.5) is 0 Å². The van der Waals surface area contributed by atoms with Crippen LogP contribution in [-0.4, -0.2) is 7.05 Å². The number of aryl methyl sites for hydroxylation is 1. The Morgan fingerprint density at radius 1 is 1.16 bits per heavy atom. The highest BCUT2D eigenvalue weighted by atomic mass is 79.9. The number of halogens is 2. The van der Waals surface area contributed by atoms with Crippen LogP contribution in [0.15, 0.2) is 46.9 Å². The molecule has 3 heteroatoms. The summed E-state index contributed by atoms with van der Waals surface area (Å²) < 4.78 is 1.17. The van der Waals surface area contributed by atoms with E-state index in [1.54, 1.807) is 0 Å². The predicted octanol–water partition coefficient (Wildman–Crippen LogP) is 4.91. The van der Waals surface area contributed by atoms with E-state index in [1.165, 1.54) is 15.6 Å². The van der Waals surface area contributed by atoms with Crippen molar-refractivity contribution in [2.75, 3.05) is 7.05 Å². The van der Waals surface area contributed by atoms with Gasteiger partial charge < -0.3 is 5.32 Å². The van der Waals surface area contributed by atoms with Gasteiger partial charge in [0.15, 0.2) is 0 Å². The lowest BCUT2D eigenvalue weighted by Crippen LogP contribution is -2.19. The highest BCUT2D eigenvalue weighted by Gasteiger charge is 2.15. The molecular formula is C16H17BrClN. The first kappa shape index (κ1) is 14.6. The van der Waals surface area contributed by atoms with Crippen molar-refractivity contribution in [3.05, 3.63) is 68.7 Å². The fourth-order valence-electron chi connectivity index (χ4n) is 2.19. The summed E-state index contributed by atoms with van der Waals surface area (Å²) in [5, 5.41) is 4.20. The first-order chi connectivity index (χ1) is 9.13. The molecule has 0 bridgehead atoms. The van der Waals surface area contributed by atoms with Gasteiger partial charge in [-0.15, -0.1) is 0 Å². The van der Waals surface area contributed by atoms with Crippen LogP contribution in [0.3, 0.4) is 0 Å². The lowest BCUT2D eigenvalue weighted by molar-refractivity contribution is 0.589. The number of benzene rings is 2. The van der Waals surface area contributed by atoms with Crippen molar-refractivity contribution in [1.29, 1.82) is 0 Å². The molecule has 1 atom stereocenters. The van der Waals surface area contributed by atoms with Crippen molar-refractivity contribution in [3.63, 3.8) is 0 Å². The third-order valence-electron chi connectivity index (χ3n) is 3.33. The Kier molecular flexibility index (Phi) is 5.03. The minimum Gasteiger partial charge on any atom is -0.313 e. The summed E-state index contributed by atoms with van der Waals surface area (Å²) in [5.41, 5.74) is 3.68. The number of likely N-dealkylation sites (N-methyl/N-ethyl adjacent to an activating group) is 1. The molecule has 0 heterocycles. The number of hydrogen-bond acceptors (Lipinski definition) is 1. The van der Waals surface area contributed by atoms with Crippen molar-refractivity contribution >= 4 is 27.5 Å². The minimum absolute atomic E-state index is 0.245. The highest BCUT2D eigenvalue weighted by molar-refractivity contribution is 9.10. The van der Waals surface area contributed by atoms with Gasteiger partial charge in [0.1, 0.15) is 0 Å². The fourth-order valence-corrected chi connectivity index (χ4v) is 2.94. The summed E-state index contributed by atoms with van der Waals surface area (Å²) in [7, 11) is 1.98. The Morgan fingerprint density at radius 2 is 1.89 bits per heavy atom. The van der Waals surface area contributed by atoms with E-state index >= 15 is 0 Å². The maximum atomic E-state index is 6.24. The van der Waals surface area contributed by atoms with E-state index in [0.29, 0.717) is 0 Å².